The molecule has 1 N–H and O–H groups in total. The number of carbonyl (C=O) groups excluding carboxylic acids is 1. The van der Waals surface area contributed by atoms with Gasteiger partial charge >= 0.3 is 0 Å². The summed E-state index contributed by atoms with van der Waals surface area (Å²) < 4.78 is 37.1. The van der Waals surface area contributed by atoms with Crippen LogP contribution >= 0.6 is 0 Å². The van der Waals surface area contributed by atoms with E-state index in [1.807, 2.05) is 19.1 Å². The number of nitrogens with one attached hydrogen (secondary N) is 1. The first kappa shape index (κ1) is 18.5. The van der Waals surface area contributed by atoms with Crippen LogP contribution in [-0.2, 0) is 13.0 Å². The maximum absolute atomic E-state index is 13.5. The molecule has 0 aliphatic heterocycles. The van der Waals surface area contributed by atoms with E-state index in [1.165, 1.54) is 12.1 Å². The van der Waals surface area contributed by atoms with Gasteiger partial charge in [0.15, 0.2) is 28.8 Å². The normalized spacial score (nSPS) is 11.8. The summed E-state index contributed by atoms with van der Waals surface area (Å²) >= 11 is 0. The highest BCUT2D eigenvalue weighted by molar-refractivity contribution is 5.92. The average molecular weight is 373 g/mol. The van der Waals surface area contributed by atoms with Crippen LogP contribution in [0.5, 0.6) is 5.75 Å². The van der Waals surface area contributed by atoms with Crippen LogP contribution in [0.3, 0.4) is 0 Å². The van der Waals surface area contributed by atoms with E-state index < -0.39 is 23.3 Å². The molecule has 8 heteroatoms. The van der Waals surface area contributed by atoms with E-state index in [1.54, 1.807) is 12.4 Å². The molecule has 1 amide bonds. The van der Waals surface area contributed by atoms with Crippen LogP contribution in [-0.4, -0.2) is 22.1 Å². The summed E-state index contributed by atoms with van der Waals surface area (Å²) in [5, 5.41) is 6.47. The topological polar surface area (TPSA) is 77.2 Å². The van der Waals surface area contributed by atoms with Crippen molar-refractivity contribution in [3.05, 3.63) is 77.4 Å². The van der Waals surface area contributed by atoms with Crippen molar-refractivity contribution in [2.24, 2.45) is 0 Å². The highest BCUT2D eigenvalue weighted by Crippen LogP contribution is 2.22. The Hall–Kier alpha value is -3.29. The molecule has 2 heterocycles. The molecule has 140 valence electrons. The fraction of sp³-hybridized carbons (Fsp3) is 0.211. The number of carbonyl (C=O) groups is 1. The molecule has 0 saturated carbocycles. The second kappa shape index (κ2) is 8.39. The number of amides is 1. The van der Waals surface area contributed by atoms with E-state index in [2.05, 4.69) is 15.5 Å². The van der Waals surface area contributed by atoms with Gasteiger partial charge in [-0.15, -0.1) is 0 Å². The predicted octanol–water partition coefficient (Wildman–Crippen LogP) is 3.29. The molecule has 0 unspecified atom stereocenters. The first-order valence-electron chi connectivity index (χ1n) is 8.25. The van der Waals surface area contributed by atoms with Crippen LogP contribution in [0.15, 0.2) is 53.3 Å². The lowest BCUT2D eigenvalue weighted by atomic mass is 10.1. The standard InChI is InChI=1S/C19H17F2N3O3/c1-12(8-13-4-3-7-22-10-13)23-19(25)17-9-14(27-24-17)11-26-18-15(20)5-2-6-16(18)21/h2-7,9-10,12H,8,11H2,1H3,(H,23,25)/t12-/m0/s1. The fourth-order valence-corrected chi connectivity index (χ4v) is 2.47. The zero-order valence-corrected chi connectivity index (χ0v) is 14.5. The summed E-state index contributed by atoms with van der Waals surface area (Å²) in [6.07, 6.45) is 4.02. The maximum atomic E-state index is 13.5. The number of rotatable bonds is 7. The Morgan fingerprint density at radius 2 is 2.04 bits per heavy atom. The Balaban J connectivity index is 1.56. The molecular formula is C19H17F2N3O3. The van der Waals surface area contributed by atoms with Crippen molar-refractivity contribution in [3.8, 4) is 5.75 Å². The van der Waals surface area contributed by atoms with Gasteiger partial charge in [-0.25, -0.2) is 8.78 Å². The molecule has 0 bridgehead atoms. The van der Waals surface area contributed by atoms with Gasteiger partial charge in [-0.3, -0.25) is 9.78 Å². The highest BCUT2D eigenvalue weighted by atomic mass is 19.1. The summed E-state index contributed by atoms with van der Waals surface area (Å²) in [5.41, 5.74) is 1.05. The summed E-state index contributed by atoms with van der Waals surface area (Å²) in [4.78, 5) is 16.3. The number of aromatic nitrogens is 2. The smallest absolute Gasteiger partial charge is 0.273 e. The number of nitrogens with zero attached hydrogens (tertiary/aromatic N) is 2. The van der Waals surface area contributed by atoms with Crippen molar-refractivity contribution < 1.29 is 22.8 Å². The minimum atomic E-state index is -0.822. The lowest BCUT2D eigenvalue weighted by Crippen LogP contribution is -2.34. The van der Waals surface area contributed by atoms with Crippen molar-refractivity contribution in [1.82, 2.24) is 15.5 Å². The lowest BCUT2D eigenvalue weighted by molar-refractivity contribution is 0.0930. The van der Waals surface area contributed by atoms with Crippen molar-refractivity contribution in [3.63, 3.8) is 0 Å². The summed E-state index contributed by atoms with van der Waals surface area (Å²) in [7, 11) is 0. The largest absolute Gasteiger partial charge is 0.479 e. The molecule has 0 radical (unpaired) electrons. The van der Waals surface area contributed by atoms with Gasteiger partial charge < -0.3 is 14.6 Å². The fourth-order valence-electron chi connectivity index (χ4n) is 2.47. The second-order valence-corrected chi connectivity index (χ2v) is 5.96. The molecule has 2 aromatic heterocycles. The van der Waals surface area contributed by atoms with Crippen LogP contribution in [0, 0.1) is 11.6 Å². The van der Waals surface area contributed by atoms with Gasteiger partial charge in [-0.05, 0) is 37.1 Å². The molecular weight excluding hydrogens is 356 g/mol. The summed E-state index contributed by atoms with van der Waals surface area (Å²) in [6, 6.07) is 8.37. The van der Waals surface area contributed by atoms with E-state index >= 15 is 0 Å². The highest BCUT2D eigenvalue weighted by Gasteiger charge is 2.17. The Bertz CT molecular complexity index is 895. The molecule has 0 aliphatic carbocycles. The van der Waals surface area contributed by atoms with Gasteiger partial charge in [0, 0.05) is 24.5 Å². The third kappa shape index (κ3) is 4.87. The first-order chi connectivity index (χ1) is 13.0. The Labute approximate surface area is 154 Å². The maximum Gasteiger partial charge on any atom is 0.273 e. The minimum Gasteiger partial charge on any atom is -0.479 e. The summed E-state index contributed by atoms with van der Waals surface area (Å²) in [6.45, 7) is 1.60. The van der Waals surface area contributed by atoms with Crippen molar-refractivity contribution in [2.45, 2.75) is 26.0 Å². The van der Waals surface area contributed by atoms with E-state index in [0.29, 0.717) is 6.42 Å². The molecule has 0 aliphatic rings. The van der Waals surface area contributed by atoms with Crippen molar-refractivity contribution >= 4 is 5.91 Å². The third-order valence-corrected chi connectivity index (χ3v) is 3.71. The van der Waals surface area contributed by atoms with Gasteiger partial charge in [0.2, 0.25) is 0 Å². The van der Waals surface area contributed by atoms with Crippen molar-refractivity contribution in [1.29, 1.82) is 0 Å². The number of pyridine rings is 1. The van der Waals surface area contributed by atoms with Crippen LogP contribution in [0.25, 0.3) is 0 Å². The number of hydrogen-bond donors (Lipinski definition) is 1. The molecule has 1 aromatic carbocycles. The zero-order valence-electron chi connectivity index (χ0n) is 14.5. The van der Waals surface area contributed by atoms with Gasteiger partial charge in [-0.1, -0.05) is 17.3 Å². The van der Waals surface area contributed by atoms with Gasteiger partial charge in [0.05, 0.1) is 0 Å². The molecule has 0 spiro atoms. The number of benzene rings is 1. The molecule has 27 heavy (non-hydrogen) atoms. The number of para-hydroxylation sites is 1. The Morgan fingerprint density at radius 3 is 2.74 bits per heavy atom. The van der Waals surface area contributed by atoms with Gasteiger partial charge in [0.25, 0.3) is 5.91 Å². The monoisotopic (exact) mass is 373 g/mol. The number of hydrogen-bond acceptors (Lipinski definition) is 5. The Kier molecular flexibility index (Phi) is 5.75. The molecule has 1 atom stereocenters. The molecule has 6 nitrogen and oxygen atoms in total. The molecule has 0 saturated heterocycles. The SMILES string of the molecule is C[C@@H](Cc1cccnc1)NC(=O)c1cc(COc2c(F)cccc2F)on1. The second-order valence-electron chi connectivity index (χ2n) is 5.96. The van der Waals surface area contributed by atoms with Crippen LogP contribution in [0.2, 0.25) is 0 Å². The Morgan fingerprint density at radius 1 is 1.26 bits per heavy atom. The lowest BCUT2D eigenvalue weighted by Gasteiger charge is -2.12. The van der Waals surface area contributed by atoms with E-state index in [0.717, 1.165) is 17.7 Å². The zero-order chi connectivity index (χ0) is 19.2. The van der Waals surface area contributed by atoms with E-state index in [-0.39, 0.29) is 24.1 Å². The summed E-state index contributed by atoms with van der Waals surface area (Å²) in [5.74, 6) is -2.40. The van der Waals surface area contributed by atoms with Gasteiger partial charge in [-0.2, -0.15) is 0 Å². The molecule has 3 rings (SSSR count). The number of halogens is 2. The number of ether oxygens (including phenoxy) is 1. The van der Waals surface area contributed by atoms with Crippen LogP contribution in [0.4, 0.5) is 8.78 Å². The predicted molar refractivity (Wildman–Crippen MR) is 92.1 cm³/mol. The van der Waals surface area contributed by atoms with E-state index in [4.69, 9.17) is 9.26 Å². The van der Waals surface area contributed by atoms with Crippen LogP contribution < -0.4 is 10.1 Å². The minimum absolute atomic E-state index is 0.0562. The van der Waals surface area contributed by atoms with Crippen LogP contribution in [0.1, 0.15) is 28.7 Å². The molecule has 3 aromatic rings. The average Bonchev–Trinajstić information content (AvgIpc) is 3.11. The first-order valence-corrected chi connectivity index (χ1v) is 8.25. The van der Waals surface area contributed by atoms with Gasteiger partial charge in [0.1, 0.15) is 6.61 Å². The third-order valence-electron chi connectivity index (χ3n) is 3.71. The molecule has 0 fully saturated rings. The quantitative estimate of drug-likeness (QED) is 0.688. The van der Waals surface area contributed by atoms with E-state index in [9.17, 15) is 13.6 Å². The van der Waals surface area contributed by atoms with Crippen molar-refractivity contribution in [2.75, 3.05) is 0 Å².